The van der Waals surface area contributed by atoms with E-state index in [0.717, 1.165) is 46.4 Å². The standard InChI is InChI=1S/C24H23N7O/c1-16-14-30(21-6-3-18(12-25)4-7-21)23-11-19(20-13-26-29(15-20)9-10-32)5-8-22(23)31-17(2)27-28-24(16)31/h3-8,11,13,15-16,32H,9-10,14H2,1-2H3. The van der Waals surface area contributed by atoms with Crippen LogP contribution in [0.4, 0.5) is 11.4 Å². The molecule has 32 heavy (non-hydrogen) atoms. The van der Waals surface area contributed by atoms with Gasteiger partial charge in [-0.1, -0.05) is 13.0 Å². The molecular weight excluding hydrogens is 402 g/mol. The molecule has 1 atom stereocenters. The van der Waals surface area contributed by atoms with Crippen molar-refractivity contribution in [2.45, 2.75) is 26.3 Å². The number of nitrogens with zero attached hydrogens (tertiary/aromatic N) is 7. The predicted octanol–water partition coefficient (Wildman–Crippen LogP) is 3.56. The molecule has 0 bridgehead atoms. The lowest BCUT2D eigenvalue weighted by molar-refractivity contribution is 0.269. The summed E-state index contributed by atoms with van der Waals surface area (Å²) < 4.78 is 3.87. The summed E-state index contributed by atoms with van der Waals surface area (Å²) in [6.45, 7) is 5.36. The number of hydrogen-bond acceptors (Lipinski definition) is 6. The molecule has 0 spiro atoms. The van der Waals surface area contributed by atoms with Crippen LogP contribution in [-0.2, 0) is 6.54 Å². The van der Waals surface area contributed by atoms with Gasteiger partial charge in [-0.3, -0.25) is 9.25 Å². The average molecular weight is 425 g/mol. The molecule has 1 unspecified atom stereocenters. The Morgan fingerprint density at radius 1 is 1.09 bits per heavy atom. The third kappa shape index (κ3) is 3.33. The van der Waals surface area contributed by atoms with E-state index in [-0.39, 0.29) is 12.5 Å². The van der Waals surface area contributed by atoms with Crippen molar-refractivity contribution < 1.29 is 5.11 Å². The van der Waals surface area contributed by atoms with Crippen LogP contribution in [0.15, 0.2) is 54.9 Å². The van der Waals surface area contributed by atoms with Crippen molar-refractivity contribution in [3.63, 3.8) is 0 Å². The molecule has 0 fully saturated rings. The maximum Gasteiger partial charge on any atom is 0.142 e. The zero-order valence-corrected chi connectivity index (χ0v) is 18.0. The van der Waals surface area contributed by atoms with Crippen LogP contribution in [0.25, 0.3) is 16.8 Å². The zero-order valence-electron chi connectivity index (χ0n) is 18.0. The highest BCUT2D eigenvalue weighted by Crippen LogP contribution is 2.40. The molecule has 2 aromatic carbocycles. The molecule has 160 valence electrons. The first-order valence-corrected chi connectivity index (χ1v) is 10.6. The van der Waals surface area contributed by atoms with Crippen LogP contribution in [-0.4, -0.2) is 42.8 Å². The van der Waals surface area contributed by atoms with Gasteiger partial charge < -0.3 is 10.0 Å². The van der Waals surface area contributed by atoms with Crippen LogP contribution in [0, 0.1) is 18.3 Å². The lowest BCUT2D eigenvalue weighted by Crippen LogP contribution is -2.22. The number of nitriles is 1. The second-order valence-corrected chi connectivity index (χ2v) is 8.03. The van der Waals surface area contributed by atoms with Crippen molar-refractivity contribution in [1.29, 1.82) is 5.26 Å². The van der Waals surface area contributed by atoms with Crippen LogP contribution in [0.1, 0.15) is 30.1 Å². The van der Waals surface area contributed by atoms with Gasteiger partial charge in [-0.05, 0) is 48.9 Å². The maximum absolute atomic E-state index is 9.21. The Hall–Kier alpha value is -3.96. The summed E-state index contributed by atoms with van der Waals surface area (Å²) in [4.78, 5) is 2.27. The van der Waals surface area contributed by atoms with E-state index in [4.69, 9.17) is 0 Å². The number of aryl methyl sites for hydroxylation is 1. The highest BCUT2D eigenvalue weighted by atomic mass is 16.3. The second-order valence-electron chi connectivity index (χ2n) is 8.03. The number of aliphatic hydroxyl groups is 1. The predicted molar refractivity (Wildman–Crippen MR) is 121 cm³/mol. The summed E-state index contributed by atoms with van der Waals surface area (Å²) in [5.41, 5.74) is 5.72. The third-order valence-electron chi connectivity index (χ3n) is 5.86. The molecule has 5 rings (SSSR count). The SMILES string of the molecule is Cc1nnc2n1-c1ccc(-c3cnn(CCO)c3)cc1N(c1ccc(C#N)cc1)CC2C. The number of aliphatic hydroxyl groups excluding tert-OH is 1. The fraction of sp³-hybridized carbons (Fsp3) is 0.250. The summed E-state index contributed by atoms with van der Waals surface area (Å²) >= 11 is 0. The number of hydrogen-bond donors (Lipinski definition) is 1. The molecule has 4 aromatic rings. The minimum absolute atomic E-state index is 0.0470. The van der Waals surface area contributed by atoms with Crippen molar-refractivity contribution in [1.82, 2.24) is 24.5 Å². The Balaban J connectivity index is 1.68. The van der Waals surface area contributed by atoms with Crippen LogP contribution in [0.2, 0.25) is 0 Å². The van der Waals surface area contributed by atoms with Crippen LogP contribution < -0.4 is 4.90 Å². The first-order valence-electron chi connectivity index (χ1n) is 10.6. The van der Waals surface area contributed by atoms with Gasteiger partial charge in [-0.15, -0.1) is 10.2 Å². The molecule has 8 heteroatoms. The van der Waals surface area contributed by atoms with Crippen LogP contribution in [0.5, 0.6) is 0 Å². The first-order chi connectivity index (χ1) is 15.6. The molecule has 0 radical (unpaired) electrons. The highest BCUT2D eigenvalue weighted by Gasteiger charge is 2.28. The van der Waals surface area contributed by atoms with Crippen molar-refractivity contribution in [3.05, 3.63) is 72.1 Å². The quantitative estimate of drug-likeness (QED) is 0.537. The molecule has 2 aromatic heterocycles. The van der Waals surface area contributed by atoms with E-state index in [2.05, 4.69) is 56.0 Å². The monoisotopic (exact) mass is 425 g/mol. The Morgan fingerprint density at radius 3 is 2.66 bits per heavy atom. The molecule has 0 aliphatic carbocycles. The van der Waals surface area contributed by atoms with Gasteiger partial charge in [0.2, 0.25) is 0 Å². The fourth-order valence-corrected chi connectivity index (χ4v) is 4.26. The Kier molecular flexibility index (Phi) is 4.96. The number of benzene rings is 2. The van der Waals surface area contributed by atoms with Gasteiger partial charge in [0, 0.05) is 29.9 Å². The summed E-state index contributed by atoms with van der Waals surface area (Å²) in [7, 11) is 0. The Labute approximate surface area is 186 Å². The molecule has 1 N–H and O–H groups in total. The lowest BCUT2D eigenvalue weighted by Gasteiger charge is -2.27. The average Bonchev–Trinajstić information content (AvgIpc) is 3.41. The van der Waals surface area contributed by atoms with Gasteiger partial charge >= 0.3 is 0 Å². The Morgan fingerprint density at radius 2 is 1.91 bits per heavy atom. The molecule has 0 amide bonds. The highest BCUT2D eigenvalue weighted by molar-refractivity contribution is 5.79. The van der Waals surface area contributed by atoms with Crippen molar-refractivity contribution in [3.8, 4) is 22.9 Å². The molecule has 0 saturated carbocycles. The van der Waals surface area contributed by atoms with E-state index in [1.807, 2.05) is 43.6 Å². The third-order valence-corrected chi connectivity index (χ3v) is 5.86. The van der Waals surface area contributed by atoms with Crippen LogP contribution >= 0.6 is 0 Å². The molecule has 1 aliphatic rings. The van der Waals surface area contributed by atoms with Gasteiger partial charge in [-0.25, -0.2) is 0 Å². The van der Waals surface area contributed by atoms with E-state index < -0.39 is 0 Å². The van der Waals surface area contributed by atoms with Gasteiger partial charge in [0.05, 0.1) is 42.4 Å². The molecule has 3 heterocycles. The van der Waals surface area contributed by atoms with Gasteiger partial charge in [0.25, 0.3) is 0 Å². The van der Waals surface area contributed by atoms with Crippen molar-refractivity contribution in [2.24, 2.45) is 0 Å². The smallest absolute Gasteiger partial charge is 0.142 e. The topological polar surface area (TPSA) is 95.8 Å². The Bertz CT molecular complexity index is 1310. The minimum atomic E-state index is 0.0470. The molecular formula is C24H23N7O. The van der Waals surface area contributed by atoms with Gasteiger partial charge in [0.15, 0.2) is 0 Å². The summed E-state index contributed by atoms with van der Waals surface area (Å²) in [5.74, 6) is 1.93. The second kappa shape index (κ2) is 7.94. The maximum atomic E-state index is 9.21. The molecule has 8 nitrogen and oxygen atoms in total. The number of aromatic nitrogens is 5. The van der Waals surface area contributed by atoms with E-state index >= 15 is 0 Å². The minimum Gasteiger partial charge on any atom is -0.394 e. The van der Waals surface area contributed by atoms with E-state index in [9.17, 15) is 10.4 Å². The summed E-state index contributed by atoms with van der Waals surface area (Å²) in [5, 5.41) is 31.6. The normalized spacial score (nSPS) is 15.1. The van der Waals surface area contributed by atoms with Crippen LogP contribution in [0.3, 0.4) is 0 Å². The number of rotatable bonds is 4. The van der Waals surface area contributed by atoms with E-state index in [1.165, 1.54) is 0 Å². The zero-order chi connectivity index (χ0) is 22.2. The lowest BCUT2D eigenvalue weighted by atomic mass is 10.1. The number of anilines is 2. The van der Waals surface area contributed by atoms with Gasteiger partial charge in [0.1, 0.15) is 11.6 Å². The van der Waals surface area contributed by atoms with Crippen molar-refractivity contribution >= 4 is 11.4 Å². The summed E-state index contributed by atoms with van der Waals surface area (Å²) in [6, 6.07) is 16.2. The van der Waals surface area contributed by atoms with Gasteiger partial charge in [-0.2, -0.15) is 10.4 Å². The largest absolute Gasteiger partial charge is 0.394 e. The fourth-order valence-electron chi connectivity index (χ4n) is 4.26. The summed E-state index contributed by atoms with van der Waals surface area (Å²) in [6.07, 6.45) is 3.76. The first kappa shape index (κ1) is 20.0. The van der Waals surface area contributed by atoms with Crippen molar-refractivity contribution in [2.75, 3.05) is 18.1 Å². The molecule has 0 saturated heterocycles. The van der Waals surface area contributed by atoms with E-state index in [0.29, 0.717) is 12.1 Å². The molecule has 1 aliphatic heterocycles. The van der Waals surface area contributed by atoms with E-state index in [1.54, 1.807) is 4.68 Å². The number of fused-ring (bicyclic) bond motifs is 3.